The van der Waals surface area contributed by atoms with Crippen LogP contribution in [-0.4, -0.2) is 19.6 Å². The molecule has 32 heavy (non-hydrogen) atoms. The Morgan fingerprint density at radius 1 is 1.09 bits per heavy atom. The zero-order valence-electron chi connectivity index (χ0n) is 18.7. The lowest BCUT2D eigenvalue weighted by Gasteiger charge is -2.50. The Morgan fingerprint density at radius 2 is 1.88 bits per heavy atom. The Morgan fingerprint density at radius 3 is 2.66 bits per heavy atom. The van der Waals surface area contributed by atoms with Crippen LogP contribution in [0.25, 0.3) is 0 Å². The first kappa shape index (κ1) is 21.6. The lowest BCUT2D eigenvalue weighted by atomic mass is 9.55. The maximum Gasteiger partial charge on any atom is 0.339 e. The topological polar surface area (TPSA) is 116 Å². The molecule has 3 aliphatic carbocycles. The van der Waals surface area contributed by atoms with Crippen molar-refractivity contribution >= 4 is 21.5 Å². The van der Waals surface area contributed by atoms with Crippen LogP contribution < -0.4 is 15.7 Å². The van der Waals surface area contributed by atoms with Gasteiger partial charge in [0, 0.05) is 11.4 Å². The Balaban J connectivity index is 1.42. The molecule has 0 heterocycles. The number of nitrogens with two attached hydrogens (primary N) is 2. The predicted octanol–water partition coefficient (Wildman–Crippen LogP) is 4.14. The van der Waals surface area contributed by atoms with Crippen LogP contribution >= 0.6 is 0 Å². The number of aryl methyl sites for hydroxylation is 1. The number of anilines is 2. The number of aliphatic hydroxyl groups excluding tert-OH is 1. The summed E-state index contributed by atoms with van der Waals surface area (Å²) in [7, 11) is -4.05. The van der Waals surface area contributed by atoms with Gasteiger partial charge < -0.3 is 20.8 Å². The van der Waals surface area contributed by atoms with Crippen molar-refractivity contribution in [2.24, 2.45) is 17.3 Å². The number of nitrogen functional groups attached to an aromatic ring is 2. The molecule has 0 amide bonds. The standard InChI is InChI=1S/C25H32N2O4S/c1-14-22(27)12-16(26)13-23(14)32(29,30)31-17-4-6-18-15(11-17)3-5-20-19(18)9-10-25(2)21(20)7-8-24(25)28/h4,6,11-13,19-21,24,28H,3,5,7-10,26-27H2,1-2H3/t19-,20-,21+,24+,25+/m1/s1. The quantitative estimate of drug-likeness (QED) is 0.472. The maximum atomic E-state index is 13.0. The molecular weight excluding hydrogens is 424 g/mol. The lowest BCUT2D eigenvalue weighted by Crippen LogP contribution is -2.43. The van der Waals surface area contributed by atoms with E-state index in [0.717, 1.165) is 38.5 Å². The molecule has 6 nitrogen and oxygen atoms in total. The van der Waals surface area contributed by atoms with Gasteiger partial charge in [0.05, 0.1) is 6.10 Å². The number of benzene rings is 2. The summed E-state index contributed by atoms with van der Waals surface area (Å²) < 4.78 is 31.4. The first-order chi connectivity index (χ1) is 15.1. The van der Waals surface area contributed by atoms with Crippen molar-refractivity contribution in [2.75, 3.05) is 11.5 Å². The van der Waals surface area contributed by atoms with Gasteiger partial charge in [0.1, 0.15) is 10.6 Å². The molecule has 172 valence electrons. The molecule has 0 bridgehead atoms. The molecule has 5 rings (SSSR count). The summed E-state index contributed by atoms with van der Waals surface area (Å²) in [5.74, 6) is 1.95. The molecule has 0 aromatic heterocycles. The van der Waals surface area contributed by atoms with E-state index in [1.54, 1.807) is 19.1 Å². The van der Waals surface area contributed by atoms with E-state index in [2.05, 4.69) is 6.92 Å². The van der Waals surface area contributed by atoms with Gasteiger partial charge in [-0.2, -0.15) is 8.42 Å². The number of rotatable bonds is 3. The van der Waals surface area contributed by atoms with Gasteiger partial charge in [-0.3, -0.25) is 0 Å². The molecule has 0 radical (unpaired) electrons. The maximum absolute atomic E-state index is 13.0. The minimum absolute atomic E-state index is 0.000795. The second-order valence-corrected chi connectivity index (χ2v) is 11.7. The van der Waals surface area contributed by atoms with Gasteiger partial charge in [-0.25, -0.2) is 0 Å². The SMILES string of the molecule is Cc1c(N)cc(N)cc1S(=O)(=O)Oc1ccc2c(c1)CC[C@@H]1[C@@H]2CC[C@]2(C)[C@@H](O)CC[C@@H]12. The Hall–Kier alpha value is -2.25. The fourth-order valence-corrected chi connectivity index (χ4v) is 7.97. The summed E-state index contributed by atoms with van der Waals surface area (Å²) in [5.41, 5.74) is 15.3. The lowest BCUT2D eigenvalue weighted by molar-refractivity contribution is -0.0226. The second kappa shape index (κ2) is 7.39. The van der Waals surface area contributed by atoms with Crippen molar-refractivity contribution in [2.45, 2.75) is 69.3 Å². The highest BCUT2D eigenvalue weighted by Crippen LogP contribution is 2.60. The van der Waals surface area contributed by atoms with Crippen LogP contribution in [0.1, 0.15) is 61.6 Å². The molecule has 5 N–H and O–H groups in total. The van der Waals surface area contributed by atoms with E-state index in [1.807, 2.05) is 12.1 Å². The highest BCUT2D eigenvalue weighted by Gasteiger charge is 2.54. The van der Waals surface area contributed by atoms with Gasteiger partial charge in [0.25, 0.3) is 0 Å². The molecule has 2 saturated carbocycles. The van der Waals surface area contributed by atoms with E-state index in [0.29, 0.717) is 34.8 Å². The van der Waals surface area contributed by atoms with E-state index in [-0.39, 0.29) is 22.1 Å². The monoisotopic (exact) mass is 456 g/mol. The van der Waals surface area contributed by atoms with Crippen LogP contribution in [-0.2, 0) is 16.5 Å². The molecule has 0 aliphatic heterocycles. The average Bonchev–Trinajstić information content (AvgIpc) is 3.04. The van der Waals surface area contributed by atoms with Crippen LogP contribution in [0.4, 0.5) is 11.4 Å². The summed E-state index contributed by atoms with van der Waals surface area (Å²) in [6, 6.07) is 8.62. The van der Waals surface area contributed by atoms with Crippen LogP contribution in [0, 0.1) is 24.2 Å². The predicted molar refractivity (Wildman–Crippen MR) is 125 cm³/mol. The fourth-order valence-electron chi connectivity index (χ4n) is 6.75. The number of hydrogen-bond acceptors (Lipinski definition) is 6. The molecular formula is C25H32N2O4S. The minimum atomic E-state index is -4.05. The van der Waals surface area contributed by atoms with Crippen molar-refractivity contribution in [3.8, 4) is 5.75 Å². The zero-order valence-corrected chi connectivity index (χ0v) is 19.5. The fraction of sp³-hybridized carbons (Fsp3) is 0.520. The van der Waals surface area contributed by atoms with Crippen molar-refractivity contribution in [3.05, 3.63) is 47.0 Å². The summed E-state index contributed by atoms with van der Waals surface area (Å²) in [6.07, 6.45) is 5.93. The summed E-state index contributed by atoms with van der Waals surface area (Å²) in [6.45, 7) is 3.92. The van der Waals surface area contributed by atoms with Gasteiger partial charge >= 0.3 is 10.1 Å². The number of hydrogen-bond donors (Lipinski definition) is 3. The van der Waals surface area contributed by atoms with Gasteiger partial charge in [-0.15, -0.1) is 0 Å². The Kier molecular flexibility index (Phi) is 4.98. The van der Waals surface area contributed by atoms with E-state index < -0.39 is 10.1 Å². The van der Waals surface area contributed by atoms with Crippen LogP contribution in [0.2, 0.25) is 0 Å². The van der Waals surface area contributed by atoms with Crippen LogP contribution in [0.15, 0.2) is 35.2 Å². The molecule has 3 aliphatic rings. The first-order valence-electron chi connectivity index (χ1n) is 11.5. The second-order valence-electron chi connectivity index (χ2n) is 10.2. The molecule has 0 spiro atoms. The normalized spacial score (nSPS) is 31.5. The summed E-state index contributed by atoms with van der Waals surface area (Å²) >= 11 is 0. The third-order valence-electron chi connectivity index (χ3n) is 8.55. The van der Waals surface area contributed by atoms with Crippen molar-refractivity contribution < 1.29 is 17.7 Å². The Bertz CT molecular complexity index is 1180. The smallest absolute Gasteiger partial charge is 0.339 e. The molecule has 5 atom stereocenters. The van der Waals surface area contributed by atoms with Gasteiger partial charge in [0.15, 0.2) is 0 Å². The van der Waals surface area contributed by atoms with E-state index in [4.69, 9.17) is 15.7 Å². The van der Waals surface area contributed by atoms with E-state index >= 15 is 0 Å². The van der Waals surface area contributed by atoms with Crippen LogP contribution in [0.5, 0.6) is 5.75 Å². The minimum Gasteiger partial charge on any atom is -0.399 e. The third kappa shape index (κ3) is 3.28. The summed E-state index contributed by atoms with van der Waals surface area (Å²) in [4.78, 5) is -0.000795. The largest absolute Gasteiger partial charge is 0.399 e. The molecule has 0 saturated heterocycles. The zero-order chi connectivity index (χ0) is 22.8. The third-order valence-corrected chi connectivity index (χ3v) is 9.92. The highest BCUT2D eigenvalue weighted by molar-refractivity contribution is 7.87. The van der Waals surface area contributed by atoms with Gasteiger partial charge in [-0.1, -0.05) is 13.0 Å². The van der Waals surface area contributed by atoms with Crippen molar-refractivity contribution in [1.29, 1.82) is 0 Å². The van der Waals surface area contributed by atoms with Crippen LogP contribution in [0.3, 0.4) is 0 Å². The molecule has 2 aromatic rings. The molecule has 2 aromatic carbocycles. The Labute approximate surface area is 190 Å². The molecule has 0 unspecified atom stereocenters. The van der Waals surface area contributed by atoms with Crippen molar-refractivity contribution in [1.82, 2.24) is 0 Å². The number of aliphatic hydroxyl groups is 1. The molecule has 2 fully saturated rings. The first-order valence-corrected chi connectivity index (χ1v) is 12.9. The average molecular weight is 457 g/mol. The molecule has 7 heteroatoms. The van der Waals surface area contributed by atoms with Gasteiger partial charge in [-0.05, 0) is 110 Å². The van der Waals surface area contributed by atoms with E-state index in [1.165, 1.54) is 17.2 Å². The summed E-state index contributed by atoms with van der Waals surface area (Å²) in [5, 5.41) is 10.6. The number of fused-ring (bicyclic) bond motifs is 5. The highest BCUT2D eigenvalue weighted by atomic mass is 32.2. The van der Waals surface area contributed by atoms with E-state index in [9.17, 15) is 13.5 Å². The van der Waals surface area contributed by atoms with Crippen molar-refractivity contribution in [3.63, 3.8) is 0 Å². The van der Waals surface area contributed by atoms with Gasteiger partial charge in [0.2, 0.25) is 0 Å².